The zero-order valence-corrected chi connectivity index (χ0v) is 13.0. The molecule has 0 aromatic heterocycles. The predicted octanol–water partition coefficient (Wildman–Crippen LogP) is 0.500. The molecule has 2 fully saturated rings. The molecule has 0 aromatic carbocycles. The van der Waals surface area contributed by atoms with Crippen LogP contribution in [0, 0.1) is 0 Å². The number of carbonyl (C=O) groups excluding carboxylic acids is 1. The third kappa shape index (κ3) is 5.08. The normalized spacial score (nSPS) is 25.4. The Morgan fingerprint density at radius 2 is 1.95 bits per heavy atom. The highest BCUT2D eigenvalue weighted by atomic mass is 35.5. The largest absolute Gasteiger partial charge is 0.379 e. The number of ether oxygens (including phenoxy) is 1. The fraction of sp³-hybridized carbons (Fsp3) is 0.917. The average Bonchev–Trinajstić information content (AvgIpc) is 2.77. The monoisotopic (exact) mass is 313 g/mol. The van der Waals surface area contributed by atoms with Crippen LogP contribution in [-0.2, 0) is 9.53 Å². The maximum Gasteiger partial charge on any atom is 0.239 e. The van der Waals surface area contributed by atoms with Crippen LogP contribution in [0.5, 0.6) is 0 Å². The summed E-state index contributed by atoms with van der Waals surface area (Å²) in [6.07, 6.45) is 2.21. The number of morpholine rings is 1. The minimum absolute atomic E-state index is 0. The number of nitrogens with two attached hydrogens (primary N) is 1. The summed E-state index contributed by atoms with van der Waals surface area (Å²) in [6, 6.07) is -0.0214. The second-order valence-electron chi connectivity index (χ2n) is 5.03. The molecule has 0 bridgehead atoms. The van der Waals surface area contributed by atoms with E-state index >= 15 is 0 Å². The number of hydrogen-bond acceptors (Lipinski definition) is 4. The van der Waals surface area contributed by atoms with Crippen molar-refractivity contribution < 1.29 is 9.53 Å². The summed E-state index contributed by atoms with van der Waals surface area (Å²) in [5.74, 6) is 0.0979. The van der Waals surface area contributed by atoms with Gasteiger partial charge in [0.25, 0.3) is 0 Å². The zero-order valence-electron chi connectivity index (χ0n) is 11.4. The maximum absolute atomic E-state index is 12.0. The van der Waals surface area contributed by atoms with Gasteiger partial charge in [0.1, 0.15) is 0 Å². The minimum atomic E-state index is -0.375. The van der Waals surface area contributed by atoms with Gasteiger partial charge < -0.3 is 15.4 Å². The second kappa shape index (κ2) is 8.97. The zero-order chi connectivity index (χ0) is 12.3. The van der Waals surface area contributed by atoms with Crippen molar-refractivity contribution in [2.24, 2.45) is 5.73 Å². The van der Waals surface area contributed by atoms with Crippen molar-refractivity contribution >= 4 is 30.7 Å². The molecule has 0 aromatic rings. The summed E-state index contributed by atoms with van der Waals surface area (Å²) in [6.45, 7) is 7.21. The highest BCUT2D eigenvalue weighted by molar-refractivity contribution is 5.85. The van der Waals surface area contributed by atoms with Gasteiger partial charge in [0.2, 0.25) is 5.91 Å². The average molecular weight is 314 g/mol. The van der Waals surface area contributed by atoms with E-state index in [1.54, 1.807) is 6.92 Å². The topological polar surface area (TPSA) is 58.8 Å². The molecule has 0 spiro atoms. The van der Waals surface area contributed by atoms with Crippen molar-refractivity contribution in [3.63, 3.8) is 0 Å². The van der Waals surface area contributed by atoms with Crippen molar-refractivity contribution in [2.75, 3.05) is 39.4 Å². The summed E-state index contributed by atoms with van der Waals surface area (Å²) in [5.41, 5.74) is 5.69. The lowest BCUT2D eigenvalue weighted by molar-refractivity contribution is -0.133. The van der Waals surface area contributed by atoms with E-state index in [-0.39, 0.29) is 36.8 Å². The molecule has 2 saturated heterocycles. The fourth-order valence-corrected chi connectivity index (χ4v) is 2.66. The van der Waals surface area contributed by atoms with Crippen molar-refractivity contribution in [2.45, 2.75) is 31.8 Å². The number of nitrogens with zero attached hydrogens (tertiary/aromatic N) is 2. The Hall–Kier alpha value is -0.0700. The van der Waals surface area contributed by atoms with Crippen molar-refractivity contribution in [3.05, 3.63) is 0 Å². The van der Waals surface area contributed by atoms with Crippen LogP contribution >= 0.6 is 24.8 Å². The molecule has 5 nitrogen and oxygen atoms in total. The lowest BCUT2D eigenvalue weighted by Crippen LogP contribution is -2.50. The fourth-order valence-electron chi connectivity index (χ4n) is 2.66. The first-order valence-electron chi connectivity index (χ1n) is 6.54. The van der Waals surface area contributed by atoms with Crippen LogP contribution in [0.25, 0.3) is 0 Å². The summed E-state index contributed by atoms with van der Waals surface area (Å²) in [5, 5.41) is 0. The van der Waals surface area contributed by atoms with Crippen molar-refractivity contribution in [3.8, 4) is 0 Å². The lowest BCUT2D eigenvalue weighted by atomic mass is 10.2. The number of rotatable bonds is 3. The van der Waals surface area contributed by atoms with Gasteiger partial charge in [0.05, 0.1) is 19.3 Å². The SMILES string of the molecule is C[C@@H](N)C(=O)N1CCCC1CN1CCOCC1.Cl.Cl. The number of hydrogen-bond donors (Lipinski definition) is 1. The van der Waals surface area contributed by atoms with Crippen molar-refractivity contribution in [1.82, 2.24) is 9.80 Å². The van der Waals surface area contributed by atoms with E-state index in [0.717, 1.165) is 52.2 Å². The molecule has 0 saturated carbocycles. The molecule has 1 unspecified atom stereocenters. The minimum Gasteiger partial charge on any atom is -0.379 e. The summed E-state index contributed by atoms with van der Waals surface area (Å²) < 4.78 is 5.33. The van der Waals surface area contributed by atoms with E-state index < -0.39 is 0 Å². The molecular weight excluding hydrogens is 289 g/mol. The number of halogens is 2. The quantitative estimate of drug-likeness (QED) is 0.824. The summed E-state index contributed by atoms with van der Waals surface area (Å²) in [4.78, 5) is 16.3. The molecule has 19 heavy (non-hydrogen) atoms. The molecule has 2 atom stereocenters. The smallest absolute Gasteiger partial charge is 0.239 e. The van der Waals surface area contributed by atoms with Gasteiger partial charge in [-0.3, -0.25) is 9.69 Å². The molecule has 2 aliphatic heterocycles. The van der Waals surface area contributed by atoms with E-state index in [1.807, 2.05) is 4.90 Å². The van der Waals surface area contributed by atoms with Gasteiger partial charge in [-0.05, 0) is 19.8 Å². The van der Waals surface area contributed by atoms with E-state index in [9.17, 15) is 4.79 Å². The van der Waals surface area contributed by atoms with Gasteiger partial charge in [0, 0.05) is 32.2 Å². The molecule has 114 valence electrons. The Balaban J connectivity index is 0.00000162. The Morgan fingerprint density at radius 3 is 2.53 bits per heavy atom. The Labute approximate surface area is 127 Å². The summed E-state index contributed by atoms with van der Waals surface area (Å²) >= 11 is 0. The third-order valence-electron chi connectivity index (χ3n) is 3.62. The Kier molecular flexibility index (Phi) is 8.94. The van der Waals surface area contributed by atoms with E-state index in [4.69, 9.17) is 10.5 Å². The highest BCUT2D eigenvalue weighted by Gasteiger charge is 2.31. The first kappa shape index (κ1) is 18.9. The van der Waals surface area contributed by atoms with E-state index in [1.165, 1.54) is 0 Å². The van der Waals surface area contributed by atoms with Gasteiger partial charge in [-0.25, -0.2) is 0 Å². The first-order chi connectivity index (χ1) is 8.18. The third-order valence-corrected chi connectivity index (χ3v) is 3.62. The van der Waals surface area contributed by atoms with E-state index in [2.05, 4.69) is 4.90 Å². The van der Waals surface area contributed by atoms with Crippen LogP contribution in [0.15, 0.2) is 0 Å². The molecule has 2 heterocycles. The molecule has 0 aliphatic carbocycles. The van der Waals surface area contributed by atoms with Gasteiger partial charge in [-0.2, -0.15) is 0 Å². The van der Waals surface area contributed by atoms with Crippen LogP contribution in [0.3, 0.4) is 0 Å². The Bertz CT molecular complexity index is 274. The lowest BCUT2D eigenvalue weighted by Gasteiger charge is -2.33. The van der Waals surface area contributed by atoms with Crippen LogP contribution in [-0.4, -0.2) is 67.2 Å². The Morgan fingerprint density at radius 1 is 1.32 bits per heavy atom. The van der Waals surface area contributed by atoms with Gasteiger partial charge in [-0.15, -0.1) is 24.8 Å². The number of amides is 1. The van der Waals surface area contributed by atoms with Gasteiger partial charge >= 0.3 is 0 Å². The highest BCUT2D eigenvalue weighted by Crippen LogP contribution is 2.19. The molecular formula is C12H25Cl2N3O2. The standard InChI is InChI=1S/C12H23N3O2.2ClH/c1-10(13)12(16)15-4-2-3-11(15)9-14-5-7-17-8-6-14;;/h10-11H,2-9,13H2,1H3;2*1H/t10-,11?;;/m1../s1. The summed E-state index contributed by atoms with van der Waals surface area (Å²) in [7, 11) is 0. The van der Waals surface area contributed by atoms with Crippen molar-refractivity contribution in [1.29, 1.82) is 0 Å². The number of likely N-dealkylation sites (tertiary alicyclic amines) is 1. The van der Waals surface area contributed by atoms with Gasteiger partial charge in [-0.1, -0.05) is 0 Å². The molecule has 2 aliphatic rings. The van der Waals surface area contributed by atoms with Crippen LogP contribution in [0.2, 0.25) is 0 Å². The predicted molar refractivity (Wildman–Crippen MR) is 80.1 cm³/mol. The van der Waals surface area contributed by atoms with E-state index in [0.29, 0.717) is 6.04 Å². The first-order valence-corrected chi connectivity index (χ1v) is 6.54. The van der Waals surface area contributed by atoms with Gasteiger partial charge in [0.15, 0.2) is 0 Å². The molecule has 2 N–H and O–H groups in total. The van der Waals surface area contributed by atoms with Crippen LogP contribution in [0.4, 0.5) is 0 Å². The van der Waals surface area contributed by atoms with Crippen LogP contribution in [0.1, 0.15) is 19.8 Å². The number of carbonyl (C=O) groups is 1. The van der Waals surface area contributed by atoms with Crippen LogP contribution < -0.4 is 5.73 Å². The molecule has 1 amide bonds. The molecule has 2 rings (SSSR count). The maximum atomic E-state index is 12.0. The molecule has 0 radical (unpaired) electrons. The molecule has 7 heteroatoms. The second-order valence-corrected chi connectivity index (χ2v) is 5.03.